The van der Waals surface area contributed by atoms with Crippen LogP contribution in [0.25, 0.3) is 0 Å². The van der Waals surface area contributed by atoms with Gasteiger partial charge in [-0.15, -0.1) is 17.0 Å². The van der Waals surface area contributed by atoms with Gasteiger partial charge in [0, 0.05) is 13.6 Å². The number of carbonyl (C=O) groups is 2. The summed E-state index contributed by atoms with van der Waals surface area (Å²) in [6.45, 7) is 1.86. The Hall–Kier alpha value is -1.91. The van der Waals surface area contributed by atoms with Crippen molar-refractivity contribution in [2.45, 2.75) is 24.9 Å². The van der Waals surface area contributed by atoms with E-state index in [1.165, 1.54) is 4.90 Å². The normalized spacial score (nSPS) is 19.7. The molecular weight excluding hydrogens is 360 g/mol. The van der Waals surface area contributed by atoms with Crippen LogP contribution in [-0.2, 0) is 11.3 Å². The summed E-state index contributed by atoms with van der Waals surface area (Å²) in [5.74, 6) is -0.104. The first-order chi connectivity index (χ1) is 10.6. The molecule has 1 spiro atoms. The molecule has 0 unspecified atom stereocenters. The molecule has 0 aromatic heterocycles. The van der Waals surface area contributed by atoms with Crippen molar-refractivity contribution in [2.75, 3.05) is 20.1 Å². The highest BCUT2D eigenvalue weighted by Crippen LogP contribution is 2.36. The maximum atomic E-state index is 12.6. The number of nitriles is 1. The third-order valence-corrected chi connectivity index (χ3v) is 4.59. The van der Waals surface area contributed by atoms with E-state index in [0.717, 1.165) is 18.7 Å². The molecule has 0 radical (unpaired) electrons. The van der Waals surface area contributed by atoms with Crippen LogP contribution in [0.1, 0.15) is 24.0 Å². The van der Waals surface area contributed by atoms with Crippen LogP contribution in [0.3, 0.4) is 0 Å². The van der Waals surface area contributed by atoms with Gasteiger partial charge in [0.1, 0.15) is 5.54 Å². The highest BCUT2D eigenvalue weighted by molar-refractivity contribution is 8.93. The fourth-order valence-electron chi connectivity index (χ4n) is 3.29. The van der Waals surface area contributed by atoms with Crippen molar-refractivity contribution in [3.63, 3.8) is 0 Å². The summed E-state index contributed by atoms with van der Waals surface area (Å²) >= 11 is 0. The summed E-state index contributed by atoms with van der Waals surface area (Å²) in [5, 5.41) is 12.1. The fourth-order valence-corrected chi connectivity index (χ4v) is 3.29. The Morgan fingerprint density at radius 1 is 1.22 bits per heavy atom. The van der Waals surface area contributed by atoms with E-state index < -0.39 is 5.54 Å². The molecule has 0 aliphatic carbocycles. The molecule has 122 valence electrons. The first-order valence-electron chi connectivity index (χ1n) is 7.38. The Bertz CT molecular complexity index is 647. The molecule has 23 heavy (non-hydrogen) atoms. The molecule has 3 rings (SSSR count). The number of halogens is 1. The molecule has 0 bridgehead atoms. The van der Waals surface area contributed by atoms with Gasteiger partial charge < -0.3 is 10.2 Å². The predicted octanol–water partition coefficient (Wildman–Crippen LogP) is 1.65. The average Bonchev–Trinajstić information content (AvgIpc) is 2.73. The van der Waals surface area contributed by atoms with E-state index in [4.69, 9.17) is 5.26 Å². The Morgan fingerprint density at radius 3 is 2.39 bits per heavy atom. The van der Waals surface area contributed by atoms with Crippen LogP contribution < -0.4 is 5.32 Å². The average molecular weight is 379 g/mol. The van der Waals surface area contributed by atoms with Gasteiger partial charge >= 0.3 is 6.03 Å². The predicted molar refractivity (Wildman–Crippen MR) is 90.0 cm³/mol. The molecule has 2 saturated heterocycles. The van der Waals surface area contributed by atoms with Crippen LogP contribution in [0.15, 0.2) is 24.3 Å². The number of urea groups is 1. The molecule has 2 fully saturated rings. The van der Waals surface area contributed by atoms with E-state index in [1.807, 2.05) is 12.1 Å². The van der Waals surface area contributed by atoms with Gasteiger partial charge in [0.15, 0.2) is 0 Å². The standard InChI is InChI=1S/C16H18N4O2.BrH/c1-19-14(21)16(6-8-18-9-7-16)20(15(19)22)11-13-4-2-12(10-17)3-5-13;/h2-5,18H,6-9,11H2,1H3;1H. The van der Waals surface area contributed by atoms with Crippen LogP contribution in [0, 0.1) is 11.3 Å². The molecule has 2 aliphatic rings. The lowest BCUT2D eigenvalue weighted by Gasteiger charge is -2.38. The largest absolute Gasteiger partial charge is 0.327 e. The molecule has 0 atom stereocenters. The van der Waals surface area contributed by atoms with Crippen molar-refractivity contribution < 1.29 is 9.59 Å². The van der Waals surface area contributed by atoms with E-state index >= 15 is 0 Å². The van der Waals surface area contributed by atoms with Crippen LogP contribution >= 0.6 is 17.0 Å². The van der Waals surface area contributed by atoms with E-state index in [2.05, 4.69) is 11.4 Å². The molecule has 1 aromatic rings. The van der Waals surface area contributed by atoms with Crippen molar-refractivity contribution in [3.8, 4) is 6.07 Å². The Kier molecular flexibility index (Phi) is 5.07. The molecule has 6 nitrogen and oxygen atoms in total. The van der Waals surface area contributed by atoms with E-state index in [9.17, 15) is 9.59 Å². The van der Waals surface area contributed by atoms with Gasteiger partial charge in [-0.2, -0.15) is 5.26 Å². The van der Waals surface area contributed by atoms with E-state index in [0.29, 0.717) is 24.9 Å². The third kappa shape index (κ3) is 2.84. The number of amides is 3. The summed E-state index contributed by atoms with van der Waals surface area (Å²) in [4.78, 5) is 28.0. The van der Waals surface area contributed by atoms with Crippen LogP contribution in [0.2, 0.25) is 0 Å². The van der Waals surface area contributed by atoms with Gasteiger partial charge in [0.2, 0.25) is 0 Å². The van der Waals surface area contributed by atoms with E-state index in [1.54, 1.807) is 24.1 Å². The SMILES string of the molecule is Br.CN1C(=O)N(Cc2ccc(C#N)cc2)C2(CCNCC2)C1=O. The Labute approximate surface area is 145 Å². The molecule has 2 aliphatic heterocycles. The second-order valence-corrected chi connectivity index (χ2v) is 5.82. The summed E-state index contributed by atoms with van der Waals surface area (Å²) in [7, 11) is 1.55. The molecule has 1 N–H and O–H groups in total. The van der Waals surface area contributed by atoms with Gasteiger partial charge in [0.25, 0.3) is 5.91 Å². The van der Waals surface area contributed by atoms with Crippen molar-refractivity contribution in [2.24, 2.45) is 0 Å². The zero-order valence-corrected chi connectivity index (χ0v) is 14.6. The van der Waals surface area contributed by atoms with Crippen LogP contribution in [0.5, 0.6) is 0 Å². The quantitative estimate of drug-likeness (QED) is 0.793. The topological polar surface area (TPSA) is 76.4 Å². The van der Waals surface area contributed by atoms with E-state index in [-0.39, 0.29) is 28.9 Å². The number of hydrogen-bond donors (Lipinski definition) is 1. The number of hydrogen-bond acceptors (Lipinski definition) is 4. The van der Waals surface area contributed by atoms with Gasteiger partial charge in [-0.1, -0.05) is 12.1 Å². The number of rotatable bonds is 2. The minimum Gasteiger partial charge on any atom is -0.317 e. The first kappa shape index (κ1) is 17.4. The molecular formula is C16H19BrN4O2. The highest BCUT2D eigenvalue weighted by atomic mass is 79.9. The fraction of sp³-hybridized carbons (Fsp3) is 0.438. The summed E-state index contributed by atoms with van der Waals surface area (Å²) in [6, 6.07) is 8.98. The zero-order chi connectivity index (χ0) is 15.7. The number of likely N-dealkylation sites (N-methyl/N-ethyl adjacent to an activating group) is 1. The maximum Gasteiger partial charge on any atom is 0.327 e. The lowest BCUT2D eigenvalue weighted by atomic mass is 9.86. The second kappa shape index (κ2) is 6.69. The molecule has 7 heteroatoms. The molecule has 0 saturated carbocycles. The van der Waals surface area contributed by atoms with Gasteiger partial charge in [-0.05, 0) is 43.6 Å². The van der Waals surface area contributed by atoms with Crippen molar-refractivity contribution in [3.05, 3.63) is 35.4 Å². The molecule has 3 amide bonds. The smallest absolute Gasteiger partial charge is 0.317 e. The van der Waals surface area contributed by atoms with Crippen LogP contribution in [-0.4, -0.2) is 47.4 Å². The highest BCUT2D eigenvalue weighted by Gasteiger charge is 2.55. The number of nitrogens with zero attached hydrogens (tertiary/aromatic N) is 3. The number of piperidine rings is 1. The summed E-state index contributed by atoms with van der Waals surface area (Å²) in [6.07, 6.45) is 1.27. The number of imide groups is 1. The Balaban J connectivity index is 0.00000192. The summed E-state index contributed by atoms with van der Waals surface area (Å²) < 4.78 is 0. The van der Waals surface area contributed by atoms with Gasteiger partial charge in [0.05, 0.1) is 11.6 Å². The zero-order valence-electron chi connectivity index (χ0n) is 12.9. The van der Waals surface area contributed by atoms with Crippen molar-refractivity contribution in [1.82, 2.24) is 15.1 Å². The van der Waals surface area contributed by atoms with Crippen molar-refractivity contribution >= 4 is 28.9 Å². The third-order valence-electron chi connectivity index (χ3n) is 4.59. The monoisotopic (exact) mass is 378 g/mol. The molecule has 1 aromatic carbocycles. The second-order valence-electron chi connectivity index (χ2n) is 5.82. The lowest BCUT2D eigenvalue weighted by Crippen LogP contribution is -2.55. The minimum absolute atomic E-state index is 0. The number of benzene rings is 1. The number of nitrogens with one attached hydrogen (secondary N) is 1. The number of carbonyl (C=O) groups excluding carboxylic acids is 2. The van der Waals surface area contributed by atoms with Crippen molar-refractivity contribution in [1.29, 1.82) is 5.26 Å². The van der Waals surface area contributed by atoms with Gasteiger partial charge in [-0.3, -0.25) is 9.69 Å². The van der Waals surface area contributed by atoms with Gasteiger partial charge in [-0.25, -0.2) is 4.79 Å². The summed E-state index contributed by atoms with van der Waals surface area (Å²) in [5.41, 5.74) is 0.792. The Morgan fingerprint density at radius 2 is 1.83 bits per heavy atom. The first-order valence-corrected chi connectivity index (χ1v) is 7.38. The van der Waals surface area contributed by atoms with Crippen LogP contribution in [0.4, 0.5) is 4.79 Å². The molecule has 2 heterocycles. The maximum absolute atomic E-state index is 12.6. The lowest BCUT2D eigenvalue weighted by molar-refractivity contribution is -0.133. The minimum atomic E-state index is -0.717.